The molecule has 2 amide bonds. The fourth-order valence-electron chi connectivity index (χ4n) is 3.38. The predicted molar refractivity (Wildman–Crippen MR) is 107 cm³/mol. The van der Waals surface area contributed by atoms with Crippen LogP contribution in [0.4, 0.5) is 5.69 Å². The van der Waals surface area contributed by atoms with Gasteiger partial charge < -0.3 is 0 Å². The molecule has 1 atom stereocenters. The average Bonchev–Trinajstić information content (AvgIpc) is 3.23. The van der Waals surface area contributed by atoms with Gasteiger partial charge >= 0.3 is 11.3 Å². The van der Waals surface area contributed by atoms with E-state index in [2.05, 4.69) is 21.2 Å². The summed E-state index contributed by atoms with van der Waals surface area (Å²) in [5, 5.41) is 2.58. The Morgan fingerprint density at radius 3 is 2.52 bits per heavy atom. The lowest BCUT2D eigenvalue weighted by Crippen LogP contribution is -2.45. The summed E-state index contributed by atoms with van der Waals surface area (Å²) in [6, 6.07) is 15.5. The zero-order valence-corrected chi connectivity index (χ0v) is 17.1. The topological polar surface area (TPSA) is 90.5 Å². The first-order valence-corrected chi connectivity index (χ1v) is 9.75. The first kappa shape index (κ1) is 19.3. The molecule has 8 nitrogen and oxygen atoms in total. The minimum Gasteiger partial charge on any atom is -0.284 e. The fraction of sp³-hybridized carbons (Fsp3) is 0.200. The van der Waals surface area contributed by atoms with Gasteiger partial charge in [0.1, 0.15) is 0 Å². The van der Waals surface area contributed by atoms with E-state index < -0.39 is 11.7 Å². The highest BCUT2D eigenvalue weighted by Crippen LogP contribution is 2.26. The van der Waals surface area contributed by atoms with Crippen molar-refractivity contribution >= 4 is 33.4 Å². The molecule has 0 spiro atoms. The lowest BCUT2D eigenvalue weighted by Gasteiger charge is -2.20. The highest BCUT2D eigenvalue weighted by molar-refractivity contribution is 9.10. The summed E-state index contributed by atoms with van der Waals surface area (Å²) in [5.41, 5.74) is 1.06. The third kappa shape index (κ3) is 3.66. The first-order chi connectivity index (χ1) is 14.0. The van der Waals surface area contributed by atoms with Crippen molar-refractivity contribution in [1.82, 2.24) is 10.2 Å². The zero-order chi connectivity index (χ0) is 20.5. The summed E-state index contributed by atoms with van der Waals surface area (Å²) in [6.07, 6.45) is 0.0481. The van der Waals surface area contributed by atoms with E-state index in [0.717, 1.165) is 10.2 Å². The molecule has 2 aromatic carbocycles. The number of carbonyl (C=O) groups is 2. The average molecular weight is 458 g/mol. The van der Waals surface area contributed by atoms with Crippen molar-refractivity contribution in [1.29, 1.82) is 0 Å². The smallest absolute Gasteiger partial charge is 0.284 e. The van der Waals surface area contributed by atoms with E-state index in [9.17, 15) is 14.4 Å². The number of halogens is 1. The summed E-state index contributed by atoms with van der Waals surface area (Å²) in [5.74, 6) is -0.586. The second kappa shape index (κ2) is 7.76. The number of carbonyl (C=O) groups excluding carboxylic acids is 2. The highest BCUT2D eigenvalue weighted by atomic mass is 79.9. The Bertz CT molecular complexity index is 1110. The molecule has 1 saturated heterocycles. The van der Waals surface area contributed by atoms with Gasteiger partial charge in [-0.1, -0.05) is 34.1 Å². The Labute approximate surface area is 174 Å². The van der Waals surface area contributed by atoms with Crippen LogP contribution < -0.4 is 15.2 Å². The number of aromatic amines is 1. The standard InChI is InChI=1S/C20H17BrN4O4/c1-23(12-17-20(28)29-22-25(17)15-5-3-2-4-6-15)16-11-18(26)24(19(16)27)14-9-7-13(21)8-10-14/h2-10,16H,11-12H2,1H3/p+1. The number of nitrogens with one attached hydrogen (secondary N) is 1. The van der Waals surface area contributed by atoms with Crippen molar-refractivity contribution in [2.24, 2.45) is 0 Å². The molecular formula is C20H18BrN4O4+. The summed E-state index contributed by atoms with van der Waals surface area (Å²) < 4.78 is 7.35. The van der Waals surface area contributed by atoms with Crippen molar-refractivity contribution < 1.29 is 18.8 Å². The Kier molecular flexibility index (Phi) is 5.16. The van der Waals surface area contributed by atoms with E-state index in [1.165, 1.54) is 9.58 Å². The van der Waals surface area contributed by atoms with Crippen LogP contribution in [-0.2, 0) is 16.1 Å². The monoisotopic (exact) mass is 457 g/mol. The number of likely N-dealkylation sites (N-methyl/N-ethyl adjacent to an activating group) is 1. The van der Waals surface area contributed by atoms with Gasteiger partial charge in [0, 0.05) is 16.6 Å². The Hall–Kier alpha value is -3.04. The highest BCUT2D eigenvalue weighted by Gasteiger charge is 2.42. The number of benzene rings is 2. The molecule has 29 heavy (non-hydrogen) atoms. The summed E-state index contributed by atoms with van der Waals surface area (Å²) in [6.45, 7) is 0.137. The molecule has 148 valence electrons. The van der Waals surface area contributed by atoms with Crippen LogP contribution in [0.15, 0.2) is 68.4 Å². The molecule has 1 N–H and O–H groups in total. The largest absolute Gasteiger partial charge is 0.431 e. The molecule has 0 radical (unpaired) electrons. The van der Waals surface area contributed by atoms with E-state index in [0.29, 0.717) is 11.4 Å². The number of hydrogen-bond donors (Lipinski definition) is 1. The Morgan fingerprint density at radius 1 is 1.14 bits per heavy atom. The van der Waals surface area contributed by atoms with Crippen molar-refractivity contribution in [3.05, 3.63) is 75.2 Å². The van der Waals surface area contributed by atoms with E-state index in [-0.39, 0.29) is 24.8 Å². The number of H-pyrrole nitrogens is 1. The van der Waals surface area contributed by atoms with Crippen LogP contribution in [0.25, 0.3) is 5.69 Å². The van der Waals surface area contributed by atoms with Gasteiger partial charge in [-0.3, -0.25) is 19.0 Å². The fourth-order valence-corrected chi connectivity index (χ4v) is 3.65. The second-order valence-corrected chi connectivity index (χ2v) is 7.69. The maximum Gasteiger partial charge on any atom is 0.431 e. The molecule has 1 aromatic heterocycles. The van der Waals surface area contributed by atoms with Crippen molar-refractivity contribution in [2.45, 2.75) is 19.0 Å². The molecule has 1 fully saturated rings. The molecule has 3 aromatic rings. The molecule has 0 bridgehead atoms. The molecule has 2 heterocycles. The summed E-state index contributed by atoms with van der Waals surface area (Å²) >= 11 is 3.34. The van der Waals surface area contributed by atoms with Crippen LogP contribution in [0.1, 0.15) is 12.1 Å². The van der Waals surface area contributed by atoms with Crippen LogP contribution in [0.5, 0.6) is 0 Å². The van der Waals surface area contributed by atoms with E-state index in [4.69, 9.17) is 4.52 Å². The minimum absolute atomic E-state index is 0.0481. The molecule has 1 aliphatic heterocycles. The zero-order valence-electron chi connectivity index (χ0n) is 15.5. The summed E-state index contributed by atoms with van der Waals surface area (Å²) in [7, 11) is 1.71. The second-order valence-electron chi connectivity index (χ2n) is 6.78. The number of rotatable bonds is 5. The maximum absolute atomic E-state index is 12.9. The lowest BCUT2D eigenvalue weighted by molar-refractivity contribution is -0.678. The molecule has 0 saturated carbocycles. The summed E-state index contributed by atoms with van der Waals surface area (Å²) in [4.78, 5) is 40.6. The van der Waals surface area contributed by atoms with Crippen molar-refractivity contribution in [3.63, 3.8) is 0 Å². The van der Waals surface area contributed by atoms with Crippen LogP contribution in [0.3, 0.4) is 0 Å². The quantitative estimate of drug-likeness (QED) is 0.465. The lowest BCUT2D eigenvalue weighted by atomic mass is 10.2. The molecule has 1 unspecified atom stereocenters. The van der Waals surface area contributed by atoms with E-state index in [1.54, 1.807) is 36.2 Å². The molecule has 1 aliphatic rings. The number of hydrogen-bond acceptors (Lipinski definition) is 5. The third-order valence-electron chi connectivity index (χ3n) is 4.89. The number of anilines is 1. The van der Waals surface area contributed by atoms with Crippen LogP contribution >= 0.6 is 15.9 Å². The number of para-hydroxylation sites is 1. The van der Waals surface area contributed by atoms with Crippen LogP contribution in [0, 0.1) is 0 Å². The van der Waals surface area contributed by atoms with Gasteiger partial charge in [0.2, 0.25) is 11.6 Å². The van der Waals surface area contributed by atoms with Crippen molar-refractivity contribution in [2.75, 3.05) is 11.9 Å². The number of amides is 2. The van der Waals surface area contributed by atoms with Gasteiger partial charge in [-0.2, -0.15) is 0 Å². The molecule has 0 aliphatic carbocycles. The van der Waals surface area contributed by atoms with Crippen LogP contribution in [0.2, 0.25) is 0 Å². The van der Waals surface area contributed by atoms with Crippen LogP contribution in [-0.4, -0.2) is 35.1 Å². The SMILES string of the molecule is CN(Cc1c(=O)o[nH][n+]1-c1ccccc1)C1CC(=O)N(c2ccc(Br)cc2)C1=O. The minimum atomic E-state index is -0.662. The molecule has 4 rings (SSSR count). The Balaban J connectivity index is 1.57. The third-order valence-corrected chi connectivity index (χ3v) is 5.42. The first-order valence-electron chi connectivity index (χ1n) is 8.96. The van der Waals surface area contributed by atoms with Gasteiger partial charge in [-0.25, -0.2) is 9.69 Å². The van der Waals surface area contributed by atoms with Gasteiger partial charge in [0.05, 0.1) is 24.7 Å². The van der Waals surface area contributed by atoms with Gasteiger partial charge in [-0.15, -0.1) is 0 Å². The number of nitrogens with zero attached hydrogens (tertiary/aromatic N) is 3. The normalized spacial score (nSPS) is 16.8. The molecule has 9 heteroatoms. The van der Waals surface area contributed by atoms with E-state index >= 15 is 0 Å². The van der Waals surface area contributed by atoms with E-state index in [1.807, 2.05) is 30.3 Å². The van der Waals surface area contributed by atoms with Gasteiger partial charge in [-0.05, 0) is 41.3 Å². The molecular weight excluding hydrogens is 440 g/mol. The van der Waals surface area contributed by atoms with Crippen molar-refractivity contribution in [3.8, 4) is 5.69 Å². The van der Waals surface area contributed by atoms with Gasteiger partial charge in [0.25, 0.3) is 5.91 Å². The number of aromatic nitrogens is 2. The Morgan fingerprint density at radius 2 is 1.83 bits per heavy atom. The maximum atomic E-state index is 12.9. The van der Waals surface area contributed by atoms with Gasteiger partial charge in [0.15, 0.2) is 0 Å². The predicted octanol–water partition coefficient (Wildman–Crippen LogP) is 1.77. The number of imide groups is 1.